The van der Waals surface area contributed by atoms with E-state index in [1.165, 1.54) is 16.8 Å². The fourth-order valence-electron chi connectivity index (χ4n) is 2.49. The Hall–Kier alpha value is -1.02. The van der Waals surface area contributed by atoms with Crippen LogP contribution in [0.15, 0.2) is 18.2 Å². The van der Waals surface area contributed by atoms with Crippen LogP contribution in [0, 0.1) is 12.8 Å². The monoisotopic (exact) mass is 218 g/mol. The van der Waals surface area contributed by atoms with Gasteiger partial charge in [-0.2, -0.15) is 0 Å². The molecule has 1 aliphatic rings. The third-order valence-corrected chi connectivity index (χ3v) is 3.10. The largest absolute Gasteiger partial charge is 0.370 e. The number of anilines is 1. The summed E-state index contributed by atoms with van der Waals surface area (Å²) >= 11 is 0. The van der Waals surface area contributed by atoms with E-state index in [0.29, 0.717) is 5.92 Å². The third-order valence-electron chi connectivity index (χ3n) is 3.10. The van der Waals surface area contributed by atoms with Gasteiger partial charge >= 0.3 is 0 Å². The van der Waals surface area contributed by atoms with Crippen molar-refractivity contribution >= 4 is 5.69 Å². The fraction of sp³-hybridized carbons (Fsp3) is 0.571. The first-order valence-corrected chi connectivity index (χ1v) is 6.22. The Morgan fingerprint density at radius 1 is 1.38 bits per heavy atom. The fourth-order valence-corrected chi connectivity index (χ4v) is 2.49. The molecule has 1 N–H and O–H groups in total. The molecule has 0 aliphatic carbocycles. The smallest absolute Gasteiger partial charge is 0.0442 e. The van der Waals surface area contributed by atoms with Crippen molar-refractivity contribution in [3.05, 3.63) is 29.3 Å². The van der Waals surface area contributed by atoms with E-state index in [1.807, 2.05) is 0 Å². The predicted octanol–water partition coefficient (Wildman–Crippen LogP) is 2.56. The topological polar surface area (TPSA) is 15.3 Å². The minimum absolute atomic E-state index is 0.713. The Morgan fingerprint density at radius 3 is 2.94 bits per heavy atom. The predicted molar refractivity (Wildman–Crippen MR) is 69.9 cm³/mol. The lowest BCUT2D eigenvalue weighted by Crippen LogP contribution is -2.32. The van der Waals surface area contributed by atoms with Crippen LogP contribution >= 0.6 is 0 Å². The van der Waals surface area contributed by atoms with E-state index in [0.717, 1.165) is 26.2 Å². The minimum atomic E-state index is 0.713. The maximum Gasteiger partial charge on any atom is 0.0442 e. The van der Waals surface area contributed by atoms with E-state index in [2.05, 4.69) is 49.2 Å². The summed E-state index contributed by atoms with van der Waals surface area (Å²) in [5.41, 5.74) is 4.31. The number of nitrogens with zero attached hydrogens (tertiary/aromatic N) is 1. The molecule has 0 saturated carbocycles. The highest BCUT2D eigenvalue weighted by molar-refractivity contribution is 5.60. The summed E-state index contributed by atoms with van der Waals surface area (Å²) in [5.74, 6) is 0.713. The Morgan fingerprint density at radius 2 is 2.19 bits per heavy atom. The second kappa shape index (κ2) is 4.88. The zero-order valence-corrected chi connectivity index (χ0v) is 10.6. The molecule has 0 spiro atoms. The van der Waals surface area contributed by atoms with Gasteiger partial charge in [0.1, 0.15) is 0 Å². The first kappa shape index (κ1) is 11.5. The molecule has 88 valence electrons. The van der Waals surface area contributed by atoms with E-state index in [1.54, 1.807) is 0 Å². The van der Waals surface area contributed by atoms with E-state index in [-0.39, 0.29) is 0 Å². The molecule has 2 rings (SSSR count). The van der Waals surface area contributed by atoms with Gasteiger partial charge in [-0.3, -0.25) is 0 Å². The van der Waals surface area contributed by atoms with Crippen LogP contribution in [0.2, 0.25) is 0 Å². The van der Waals surface area contributed by atoms with E-state index < -0.39 is 0 Å². The van der Waals surface area contributed by atoms with Gasteiger partial charge in [-0.15, -0.1) is 0 Å². The summed E-state index contributed by atoms with van der Waals surface area (Å²) in [6, 6.07) is 6.63. The van der Waals surface area contributed by atoms with Gasteiger partial charge in [0.2, 0.25) is 0 Å². The maximum absolute atomic E-state index is 3.49. The maximum atomic E-state index is 3.49. The van der Waals surface area contributed by atoms with E-state index in [4.69, 9.17) is 0 Å². The van der Waals surface area contributed by atoms with Crippen LogP contribution in [-0.2, 0) is 6.54 Å². The minimum Gasteiger partial charge on any atom is -0.370 e. The number of para-hydroxylation sites is 1. The van der Waals surface area contributed by atoms with Crippen molar-refractivity contribution in [2.24, 2.45) is 5.92 Å². The van der Waals surface area contributed by atoms with Crippen LogP contribution in [0.5, 0.6) is 0 Å². The van der Waals surface area contributed by atoms with Crippen LogP contribution in [-0.4, -0.2) is 19.6 Å². The average molecular weight is 218 g/mol. The molecule has 1 heterocycles. The first-order chi connectivity index (χ1) is 7.68. The van der Waals surface area contributed by atoms with Crippen LogP contribution in [0.3, 0.4) is 0 Å². The van der Waals surface area contributed by atoms with Crippen molar-refractivity contribution in [1.82, 2.24) is 5.32 Å². The quantitative estimate of drug-likeness (QED) is 0.820. The van der Waals surface area contributed by atoms with Crippen molar-refractivity contribution in [2.75, 3.05) is 24.5 Å². The lowest BCUT2D eigenvalue weighted by atomic mass is 10.1. The van der Waals surface area contributed by atoms with Crippen molar-refractivity contribution in [1.29, 1.82) is 0 Å². The third kappa shape index (κ3) is 2.38. The van der Waals surface area contributed by atoms with Crippen molar-refractivity contribution in [3.63, 3.8) is 0 Å². The zero-order chi connectivity index (χ0) is 11.5. The number of hydrogen-bond donors (Lipinski definition) is 1. The SMILES string of the molecule is Cc1cccc2c1N(CC(C)C)CCNC2. The number of nitrogens with one attached hydrogen (secondary N) is 1. The van der Waals surface area contributed by atoms with Crippen molar-refractivity contribution in [3.8, 4) is 0 Å². The molecule has 0 bridgehead atoms. The molecule has 0 saturated heterocycles. The average Bonchev–Trinajstić information content (AvgIpc) is 2.41. The van der Waals surface area contributed by atoms with Gasteiger partial charge in [0, 0.05) is 31.9 Å². The molecule has 16 heavy (non-hydrogen) atoms. The Labute approximate surface area is 98.7 Å². The highest BCUT2D eigenvalue weighted by Crippen LogP contribution is 2.27. The second-order valence-electron chi connectivity index (χ2n) is 5.10. The molecular weight excluding hydrogens is 196 g/mol. The van der Waals surface area contributed by atoms with Gasteiger partial charge in [0.25, 0.3) is 0 Å². The number of fused-ring (bicyclic) bond motifs is 1. The standard InChI is InChI=1S/C14H22N2/c1-11(2)10-16-8-7-15-9-13-6-4-5-12(3)14(13)16/h4-6,11,15H,7-10H2,1-3H3. The lowest BCUT2D eigenvalue weighted by molar-refractivity contribution is 0.600. The molecule has 0 atom stereocenters. The molecule has 1 aliphatic heterocycles. The second-order valence-corrected chi connectivity index (χ2v) is 5.10. The normalized spacial score (nSPS) is 16.1. The summed E-state index contributed by atoms with van der Waals surface area (Å²) in [6.07, 6.45) is 0. The highest BCUT2D eigenvalue weighted by atomic mass is 15.2. The number of hydrogen-bond acceptors (Lipinski definition) is 2. The molecule has 1 aromatic carbocycles. The molecule has 0 aromatic heterocycles. The Kier molecular flexibility index (Phi) is 3.49. The number of benzene rings is 1. The van der Waals surface area contributed by atoms with Crippen LogP contribution in [0.4, 0.5) is 5.69 Å². The first-order valence-electron chi connectivity index (χ1n) is 6.22. The number of aryl methyl sites for hydroxylation is 1. The molecule has 2 nitrogen and oxygen atoms in total. The summed E-state index contributed by atoms with van der Waals surface area (Å²) < 4.78 is 0. The Balaban J connectivity index is 2.35. The van der Waals surface area contributed by atoms with Crippen LogP contribution < -0.4 is 10.2 Å². The van der Waals surface area contributed by atoms with Crippen molar-refractivity contribution in [2.45, 2.75) is 27.3 Å². The van der Waals surface area contributed by atoms with Gasteiger partial charge in [-0.05, 0) is 24.0 Å². The molecule has 0 radical (unpaired) electrons. The van der Waals surface area contributed by atoms with Gasteiger partial charge < -0.3 is 10.2 Å². The molecule has 1 aromatic rings. The van der Waals surface area contributed by atoms with E-state index in [9.17, 15) is 0 Å². The molecular formula is C14H22N2. The van der Waals surface area contributed by atoms with Gasteiger partial charge in [-0.1, -0.05) is 32.0 Å². The summed E-state index contributed by atoms with van der Waals surface area (Å²) in [6.45, 7) is 11.2. The van der Waals surface area contributed by atoms with Gasteiger partial charge in [0.05, 0.1) is 0 Å². The summed E-state index contributed by atoms with van der Waals surface area (Å²) in [7, 11) is 0. The summed E-state index contributed by atoms with van der Waals surface area (Å²) in [5, 5.41) is 3.49. The number of rotatable bonds is 2. The Bertz CT molecular complexity index is 358. The summed E-state index contributed by atoms with van der Waals surface area (Å²) in [4.78, 5) is 2.54. The molecule has 0 unspecified atom stereocenters. The molecule has 0 amide bonds. The van der Waals surface area contributed by atoms with Crippen LogP contribution in [0.1, 0.15) is 25.0 Å². The highest BCUT2D eigenvalue weighted by Gasteiger charge is 2.17. The van der Waals surface area contributed by atoms with Crippen molar-refractivity contribution < 1.29 is 0 Å². The van der Waals surface area contributed by atoms with Gasteiger partial charge in [-0.25, -0.2) is 0 Å². The van der Waals surface area contributed by atoms with E-state index >= 15 is 0 Å². The van der Waals surface area contributed by atoms with Crippen LogP contribution in [0.25, 0.3) is 0 Å². The lowest BCUT2D eigenvalue weighted by Gasteiger charge is -2.28. The molecule has 2 heteroatoms. The van der Waals surface area contributed by atoms with Gasteiger partial charge in [0.15, 0.2) is 0 Å². The molecule has 0 fully saturated rings. The zero-order valence-electron chi connectivity index (χ0n) is 10.6.